The van der Waals surface area contributed by atoms with E-state index >= 15 is 0 Å². The summed E-state index contributed by atoms with van der Waals surface area (Å²) in [7, 11) is 1.82. The first-order valence-corrected chi connectivity index (χ1v) is 6.70. The molecule has 1 aromatic carbocycles. The third kappa shape index (κ3) is 2.53. The SMILES string of the molecule is COC1CC(NC(c2ccccc2)C2CC2)C1. The van der Waals surface area contributed by atoms with Crippen LogP contribution in [-0.4, -0.2) is 19.3 Å². The zero-order valence-electron chi connectivity index (χ0n) is 10.4. The van der Waals surface area contributed by atoms with Crippen molar-refractivity contribution in [3.05, 3.63) is 35.9 Å². The van der Waals surface area contributed by atoms with E-state index in [4.69, 9.17) is 4.74 Å². The van der Waals surface area contributed by atoms with Crippen molar-refractivity contribution in [2.75, 3.05) is 7.11 Å². The smallest absolute Gasteiger partial charge is 0.0601 e. The topological polar surface area (TPSA) is 21.3 Å². The Balaban J connectivity index is 1.62. The number of methoxy groups -OCH3 is 1. The van der Waals surface area contributed by atoms with Crippen molar-refractivity contribution in [3.63, 3.8) is 0 Å². The molecule has 0 amide bonds. The van der Waals surface area contributed by atoms with Crippen molar-refractivity contribution in [2.24, 2.45) is 5.92 Å². The number of benzene rings is 1. The van der Waals surface area contributed by atoms with Crippen molar-refractivity contribution >= 4 is 0 Å². The summed E-state index contributed by atoms with van der Waals surface area (Å²) in [5, 5.41) is 3.82. The molecule has 2 aliphatic carbocycles. The fourth-order valence-electron chi connectivity index (χ4n) is 2.74. The average molecular weight is 231 g/mol. The van der Waals surface area contributed by atoms with E-state index < -0.39 is 0 Å². The van der Waals surface area contributed by atoms with Crippen molar-refractivity contribution in [1.82, 2.24) is 5.32 Å². The minimum absolute atomic E-state index is 0.489. The van der Waals surface area contributed by atoms with Crippen LogP contribution in [0.25, 0.3) is 0 Å². The Morgan fingerprint density at radius 3 is 2.47 bits per heavy atom. The van der Waals surface area contributed by atoms with Crippen molar-refractivity contribution in [3.8, 4) is 0 Å². The van der Waals surface area contributed by atoms with Gasteiger partial charge < -0.3 is 10.1 Å². The summed E-state index contributed by atoms with van der Waals surface area (Å²) in [4.78, 5) is 0. The Kier molecular flexibility index (Phi) is 3.17. The molecule has 1 N–H and O–H groups in total. The van der Waals surface area contributed by atoms with Crippen LogP contribution in [0.5, 0.6) is 0 Å². The maximum atomic E-state index is 5.34. The summed E-state index contributed by atoms with van der Waals surface area (Å²) in [5.74, 6) is 0.860. The highest BCUT2D eigenvalue weighted by atomic mass is 16.5. The second kappa shape index (κ2) is 4.79. The molecular weight excluding hydrogens is 210 g/mol. The predicted molar refractivity (Wildman–Crippen MR) is 68.9 cm³/mol. The van der Waals surface area contributed by atoms with Crippen molar-refractivity contribution in [2.45, 2.75) is 43.9 Å². The molecule has 2 saturated carbocycles. The van der Waals surface area contributed by atoms with Gasteiger partial charge in [-0.2, -0.15) is 0 Å². The number of ether oxygens (including phenoxy) is 1. The Hall–Kier alpha value is -0.860. The second-order valence-corrected chi connectivity index (χ2v) is 5.42. The molecule has 0 heterocycles. The third-order valence-electron chi connectivity index (χ3n) is 4.10. The Bertz CT molecular complexity index is 354. The maximum Gasteiger partial charge on any atom is 0.0601 e. The summed E-state index contributed by atoms with van der Waals surface area (Å²) in [6.07, 6.45) is 5.60. The summed E-state index contributed by atoms with van der Waals surface area (Å²) in [6, 6.07) is 12.1. The summed E-state index contributed by atoms with van der Waals surface area (Å²) in [6.45, 7) is 0. The lowest BCUT2D eigenvalue weighted by molar-refractivity contribution is 0.0133. The molecule has 2 heteroatoms. The molecule has 1 aromatic rings. The third-order valence-corrected chi connectivity index (χ3v) is 4.10. The van der Waals surface area contributed by atoms with Crippen molar-refractivity contribution in [1.29, 1.82) is 0 Å². The van der Waals surface area contributed by atoms with Gasteiger partial charge >= 0.3 is 0 Å². The first kappa shape index (κ1) is 11.2. The van der Waals surface area contributed by atoms with Crippen LogP contribution >= 0.6 is 0 Å². The first-order valence-electron chi connectivity index (χ1n) is 6.70. The van der Waals surface area contributed by atoms with Gasteiger partial charge in [0.1, 0.15) is 0 Å². The highest BCUT2D eigenvalue weighted by molar-refractivity contribution is 5.21. The summed E-state index contributed by atoms with van der Waals surface area (Å²) in [5.41, 5.74) is 1.45. The van der Waals surface area contributed by atoms with Gasteiger partial charge in [0.05, 0.1) is 6.10 Å². The molecule has 0 spiro atoms. The van der Waals surface area contributed by atoms with Crippen LogP contribution in [-0.2, 0) is 4.74 Å². The van der Waals surface area contributed by atoms with E-state index in [0.717, 1.165) is 5.92 Å². The lowest BCUT2D eigenvalue weighted by atomic mass is 9.87. The van der Waals surface area contributed by atoms with E-state index in [2.05, 4.69) is 35.6 Å². The molecule has 0 radical (unpaired) electrons. The molecule has 0 saturated heterocycles. The lowest BCUT2D eigenvalue weighted by Gasteiger charge is -2.37. The van der Waals surface area contributed by atoms with Gasteiger partial charge in [-0.05, 0) is 37.2 Å². The largest absolute Gasteiger partial charge is 0.381 e. The van der Waals surface area contributed by atoms with E-state index in [-0.39, 0.29) is 0 Å². The number of nitrogens with one attached hydrogen (secondary N) is 1. The molecule has 3 rings (SSSR count). The molecular formula is C15H21NO. The van der Waals surface area contributed by atoms with E-state index in [0.29, 0.717) is 18.2 Å². The standard InChI is InChI=1S/C15H21NO/c1-17-14-9-13(10-14)16-15(12-7-8-12)11-5-3-2-4-6-11/h2-6,12-16H,7-10H2,1H3. The lowest BCUT2D eigenvalue weighted by Crippen LogP contribution is -2.46. The molecule has 0 aliphatic heterocycles. The van der Waals surface area contributed by atoms with Gasteiger partial charge in [-0.25, -0.2) is 0 Å². The number of rotatable bonds is 5. The van der Waals surface area contributed by atoms with Crippen LogP contribution in [0.3, 0.4) is 0 Å². The monoisotopic (exact) mass is 231 g/mol. The summed E-state index contributed by atoms with van der Waals surface area (Å²) >= 11 is 0. The molecule has 1 atom stereocenters. The molecule has 2 aliphatic rings. The van der Waals surface area contributed by atoms with Gasteiger partial charge in [0, 0.05) is 19.2 Å². The number of hydrogen-bond acceptors (Lipinski definition) is 2. The second-order valence-electron chi connectivity index (χ2n) is 5.42. The van der Waals surface area contributed by atoms with Crippen LogP contribution in [0.1, 0.15) is 37.3 Å². The van der Waals surface area contributed by atoms with Gasteiger partial charge in [-0.3, -0.25) is 0 Å². The minimum atomic E-state index is 0.489. The molecule has 92 valence electrons. The molecule has 2 nitrogen and oxygen atoms in total. The van der Waals surface area contributed by atoms with Crippen LogP contribution < -0.4 is 5.32 Å². The van der Waals surface area contributed by atoms with E-state index in [9.17, 15) is 0 Å². The predicted octanol–water partition coefficient (Wildman–Crippen LogP) is 2.90. The average Bonchev–Trinajstić information content (AvgIpc) is 3.13. The van der Waals surface area contributed by atoms with Crippen LogP contribution in [0, 0.1) is 5.92 Å². The Morgan fingerprint density at radius 1 is 1.18 bits per heavy atom. The maximum absolute atomic E-state index is 5.34. The molecule has 17 heavy (non-hydrogen) atoms. The van der Waals surface area contributed by atoms with E-state index in [1.54, 1.807) is 0 Å². The molecule has 0 bridgehead atoms. The molecule has 2 fully saturated rings. The normalized spacial score (nSPS) is 29.7. The van der Waals surface area contributed by atoms with Gasteiger partial charge in [0.15, 0.2) is 0 Å². The van der Waals surface area contributed by atoms with Gasteiger partial charge in [0.2, 0.25) is 0 Å². The Labute approximate surface area is 103 Å². The highest BCUT2D eigenvalue weighted by Crippen LogP contribution is 2.42. The van der Waals surface area contributed by atoms with Gasteiger partial charge in [-0.15, -0.1) is 0 Å². The van der Waals surface area contributed by atoms with Crippen LogP contribution in [0.2, 0.25) is 0 Å². The fourth-order valence-corrected chi connectivity index (χ4v) is 2.74. The first-order chi connectivity index (χ1) is 8.36. The Morgan fingerprint density at radius 2 is 1.88 bits per heavy atom. The quantitative estimate of drug-likeness (QED) is 0.841. The molecule has 1 unspecified atom stereocenters. The van der Waals surface area contributed by atoms with Gasteiger partial charge in [0.25, 0.3) is 0 Å². The summed E-state index contributed by atoms with van der Waals surface area (Å²) < 4.78 is 5.34. The zero-order valence-corrected chi connectivity index (χ0v) is 10.4. The van der Waals surface area contributed by atoms with E-state index in [1.807, 2.05) is 7.11 Å². The fraction of sp³-hybridized carbons (Fsp3) is 0.600. The van der Waals surface area contributed by atoms with Crippen LogP contribution in [0.4, 0.5) is 0 Å². The highest BCUT2D eigenvalue weighted by Gasteiger charge is 2.37. The number of hydrogen-bond donors (Lipinski definition) is 1. The minimum Gasteiger partial charge on any atom is -0.381 e. The molecule has 0 aromatic heterocycles. The van der Waals surface area contributed by atoms with Crippen molar-refractivity contribution < 1.29 is 4.74 Å². The van der Waals surface area contributed by atoms with E-state index in [1.165, 1.54) is 31.2 Å². The van der Waals surface area contributed by atoms with Crippen LogP contribution in [0.15, 0.2) is 30.3 Å². The van der Waals surface area contributed by atoms with Gasteiger partial charge in [-0.1, -0.05) is 30.3 Å². The zero-order chi connectivity index (χ0) is 11.7.